The number of carbonyl (C=O) groups is 3. The summed E-state index contributed by atoms with van der Waals surface area (Å²) in [4.78, 5) is 37.2. The topological polar surface area (TPSA) is 169 Å². The van der Waals surface area contributed by atoms with Gasteiger partial charge in [0.1, 0.15) is 17.6 Å². The number of halogens is 6. The van der Waals surface area contributed by atoms with E-state index in [2.05, 4.69) is 9.97 Å². The van der Waals surface area contributed by atoms with Crippen LogP contribution in [0.2, 0.25) is 0 Å². The van der Waals surface area contributed by atoms with Crippen LogP contribution in [0.25, 0.3) is 0 Å². The highest BCUT2D eigenvalue weighted by molar-refractivity contribution is 5.75. The lowest BCUT2D eigenvalue weighted by Crippen LogP contribution is -2.21. The first-order chi connectivity index (χ1) is 14.5. The Morgan fingerprint density at radius 1 is 1.00 bits per heavy atom. The number of aryl methyl sites for hydroxylation is 1. The van der Waals surface area contributed by atoms with Gasteiger partial charge in [0.05, 0.1) is 0 Å². The van der Waals surface area contributed by atoms with Crippen molar-refractivity contribution in [2.75, 3.05) is 5.73 Å². The Kier molecular flexibility index (Phi) is 10.1. The Bertz CT molecular complexity index is 887. The van der Waals surface area contributed by atoms with Gasteiger partial charge in [-0.1, -0.05) is 6.07 Å². The van der Waals surface area contributed by atoms with E-state index in [1.54, 1.807) is 42.3 Å². The van der Waals surface area contributed by atoms with Crippen molar-refractivity contribution < 1.29 is 56.0 Å². The van der Waals surface area contributed by atoms with Crippen LogP contribution >= 0.6 is 0 Å². The Morgan fingerprint density at radius 3 is 1.75 bits per heavy atom. The molecular formula is C16H16F6N4O6. The van der Waals surface area contributed by atoms with Gasteiger partial charge < -0.3 is 25.6 Å². The predicted molar refractivity (Wildman–Crippen MR) is 93.3 cm³/mol. The fraction of sp³-hybridized carbons (Fsp3) is 0.312. The third kappa shape index (κ3) is 10.3. The highest BCUT2D eigenvalue weighted by atomic mass is 19.4. The number of aliphatic carboxylic acids is 3. The quantitative estimate of drug-likeness (QED) is 0.485. The van der Waals surface area contributed by atoms with Crippen LogP contribution in [0.4, 0.5) is 32.2 Å². The number of rotatable bonds is 4. The lowest BCUT2D eigenvalue weighted by atomic mass is 10.00. The largest absolute Gasteiger partial charge is 0.490 e. The zero-order valence-electron chi connectivity index (χ0n) is 15.9. The molecule has 0 amide bonds. The second-order valence-electron chi connectivity index (χ2n) is 5.69. The second kappa shape index (κ2) is 11.5. The van der Waals surface area contributed by atoms with Crippen LogP contribution in [0.1, 0.15) is 17.3 Å². The lowest BCUT2D eigenvalue weighted by Gasteiger charge is -2.12. The van der Waals surface area contributed by atoms with Gasteiger partial charge in [-0.25, -0.2) is 19.6 Å². The molecule has 16 heteroatoms. The zero-order valence-corrected chi connectivity index (χ0v) is 15.9. The number of hydrogen-bond donors (Lipinski definition) is 4. The van der Waals surface area contributed by atoms with E-state index in [4.69, 9.17) is 25.5 Å². The van der Waals surface area contributed by atoms with E-state index in [0.29, 0.717) is 18.1 Å². The van der Waals surface area contributed by atoms with Gasteiger partial charge in [0.15, 0.2) is 0 Å². The normalized spacial score (nSPS) is 11.8. The predicted octanol–water partition coefficient (Wildman–Crippen LogP) is 2.07. The van der Waals surface area contributed by atoms with Gasteiger partial charge in [-0.3, -0.25) is 4.79 Å². The molecule has 2 aromatic heterocycles. The fourth-order valence-electron chi connectivity index (χ4n) is 1.79. The van der Waals surface area contributed by atoms with E-state index >= 15 is 0 Å². The fourth-order valence-corrected chi connectivity index (χ4v) is 1.79. The molecule has 2 rings (SSSR count). The first-order valence-electron chi connectivity index (χ1n) is 7.97. The second-order valence-corrected chi connectivity index (χ2v) is 5.69. The molecule has 0 fully saturated rings. The molecule has 0 radical (unpaired) electrons. The Morgan fingerprint density at radius 2 is 1.47 bits per heavy atom. The number of hydrogen-bond acceptors (Lipinski definition) is 6. The molecule has 2 heterocycles. The molecule has 0 spiro atoms. The average molecular weight is 474 g/mol. The number of anilines is 1. The van der Waals surface area contributed by atoms with Gasteiger partial charge in [-0.2, -0.15) is 26.3 Å². The van der Waals surface area contributed by atoms with Gasteiger partial charge in [0, 0.05) is 25.6 Å². The number of alkyl halides is 6. The number of pyridine rings is 1. The molecule has 0 aromatic carbocycles. The van der Waals surface area contributed by atoms with E-state index < -0.39 is 36.2 Å². The van der Waals surface area contributed by atoms with E-state index in [1.807, 2.05) is 0 Å². The summed E-state index contributed by atoms with van der Waals surface area (Å²) in [5.41, 5.74) is 6.31. The lowest BCUT2D eigenvalue weighted by molar-refractivity contribution is -0.193. The van der Waals surface area contributed by atoms with Crippen molar-refractivity contribution in [3.63, 3.8) is 0 Å². The van der Waals surface area contributed by atoms with Gasteiger partial charge in [-0.05, 0) is 18.1 Å². The SMILES string of the molecule is Cn1ccnc1C(Cc1ccc(N)nc1)C(=O)O.O=C(O)C(F)(F)F.O=C(O)C(F)(F)F. The minimum Gasteiger partial charge on any atom is -0.481 e. The number of aromatic nitrogens is 3. The van der Waals surface area contributed by atoms with Crippen molar-refractivity contribution in [2.24, 2.45) is 7.05 Å². The van der Waals surface area contributed by atoms with E-state index in [9.17, 15) is 36.2 Å². The van der Waals surface area contributed by atoms with Crippen molar-refractivity contribution in [3.8, 4) is 0 Å². The summed E-state index contributed by atoms with van der Waals surface area (Å²) in [5, 5.41) is 23.5. The highest BCUT2D eigenvalue weighted by Gasteiger charge is 2.38. The van der Waals surface area contributed by atoms with Crippen molar-refractivity contribution >= 4 is 23.7 Å². The molecule has 1 atom stereocenters. The van der Waals surface area contributed by atoms with Crippen LogP contribution < -0.4 is 5.73 Å². The molecule has 0 aliphatic rings. The molecule has 0 saturated carbocycles. The van der Waals surface area contributed by atoms with Crippen molar-refractivity contribution in [3.05, 3.63) is 42.1 Å². The van der Waals surface area contributed by atoms with Crippen molar-refractivity contribution in [1.29, 1.82) is 0 Å². The molecule has 178 valence electrons. The Labute approximate surface area is 174 Å². The Hall–Kier alpha value is -3.85. The van der Waals surface area contributed by atoms with Gasteiger partial charge in [0.2, 0.25) is 0 Å². The number of carboxylic acid groups (broad SMARTS) is 3. The molecule has 5 N–H and O–H groups in total. The van der Waals surface area contributed by atoms with Crippen LogP contribution in [0, 0.1) is 0 Å². The Balaban J connectivity index is 0.000000570. The molecule has 0 bridgehead atoms. The molecular weight excluding hydrogens is 458 g/mol. The molecule has 1 unspecified atom stereocenters. The van der Waals surface area contributed by atoms with Crippen LogP contribution in [0.15, 0.2) is 30.7 Å². The zero-order chi connectivity index (χ0) is 25.3. The molecule has 0 aliphatic carbocycles. The smallest absolute Gasteiger partial charge is 0.481 e. The minimum absolute atomic E-state index is 0.341. The molecule has 10 nitrogen and oxygen atoms in total. The standard InChI is InChI=1S/C12H14N4O2.2C2HF3O2/c1-16-5-4-14-11(16)9(12(17)18)6-8-2-3-10(13)15-7-8;2*3-2(4,5)1(6)7/h2-5,7,9H,6H2,1H3,(H2,13,15)(H,17,18);2*(H,6,7). The van der Waals surface area contributed by atoms with E-state index in [0.717, 1.165) is 5.56 Å². The molecule has 2 aromatic rings. The maximum absolute atomic E-state index is 11.3. The summed E-state index contributed by atoms with van der Waals surface area (Å²) in [6.07, 6.45) is -4.92. The van der Waals surface area contributed by atoms with Gasteiger partial charge in [0.25, 0.3) is 0 Å². The van der Waals surface area contributed by atoms with Crippen molar-refractivity contribution in [1.82, 2.24) is 14.5 Å². The van der Waals surface area contributed by atoms with Crippen LogP contribution in [0.5, 0.6) is 0 Å². The van der Waals surface area contributed by atoms with Crippen LogP contribution in [-0.4, -0.2) is 60.1 Å². The average Bonchev–Trinajstić information content (AvgIpc) is 3.06. The van der Waals surface area contributed by atoms with E-state index in [1.165, 1.54) is 0 Å². The van der Waals surface area contributed by atoms with Crippen LogP contribution in [-0.2, 0) is 27.9 Å². The number of nitrogens with zero attached hydrogens (tertiary/aromatic N) is 3. The first kappa shape index (κ1) is 28.1. The number of nitrogens with two attached hydrogens (primary N) is 1. The summed E-state index contributed by atoms with van der Waals surface area (Å²) >= 11 is 0. The maximum Gasteiger partial charge on any atom is 0.490 e. The third-order valence-electron chi connectivity index (χ3n) is 3.24. The number of imidazole rings is 1. The monoisotopic (exact) mass is 474 g/mol. The minimum atomic E-state index is -5.08. The number of carboxylic acids is 3. The van der Waals surface area contributed by atoms with E-state index in [-0.39, 0.29) is 0 Å². The highest BCUT2D eigenvalue weighted by Crippen LogP contribution is 2.19. The summed E-state index contributed by atoms with van der Waals surface area (Å²) in [6, 6.07) is 3.44. The number of nitrogen functional groups attached to an aromatic ring is 1. The van der Waals surface area contributed by atoms with Crippen molar-refractivity contribution in [2.45, 2.75) is 24.7 Å². The summed E-state index contributed by atoms with van der Waals surface area (Å²) < 4.78 is 65.2. The van der Waals surface area contributed by atoms with Gasteiger partial charge in [-0.15, -0.1) is 0 Å². The van der Waals surface area contributed by atoms with Gasteiger partial charge >= 0.3 is 30.3 Å². The molecule has 32 heavy (non-hydrogen) atoms. The maximum atomic E-state index is 11.3. The summed E-state index contributed by atoms with van der Waals surface area (Å²) in [7, 11) is 1.78. The summed E-state index contributed by atoms with van der Waals surface area (Å²) in [6.45, 7) is 0. The van der Waals surface area contributed by atoms with Crippen LogP contribution in [0.3, 0.4) is 0 Å². The molecule has 0 saturated heterocycles. The first-order valence-corrected chi connectivity index (χ1v) is 7.97. The molecule has 0 aliphatic heterocycles. The third-order valence-corrected chi connectivity index (χ3v) is 3.24. The summed E-state index contributed by atoms with van der Waals surface area (Å²) in [5.74, 6) is -6.15.